The SMILES string of the molecule is Cc1ccc(S(=O)(=O)N(CC(=O)Nc2ccccc2C(=O)NC(C)C)c2ccc(Cl)cc2C)cc1. The van der Waals surface area contributed by atoms with Gasteiger partial charge in [-0.15, -0.1) is 0 Å². The smallest absolute Gasteiger partial charge is 0.264 e. The van der Waals surface area contributed by atoms with Gasteiger partial charge in [0.15, 0.2) is 0 Å². The normalized spacial score (nSPS) is 11.3. The van der Waals surface area contributed by atoms with Crippen LogP contribution < -0.4 is 14.9 Å². The Balaban J connectivity index is 1.97. The lowest BCUT2D eigenvalue weighted by Gasteiger charge is -2.26. The number of hydrogen-bond donors (Lipinski definition) is 2. The van der Waals surface area contributed by atoms with E-state index in [1.807, 2.05) is 20.8 Å². The predicted octanol–water partition coefficient (Wildman–Crippen LogP) is 4.93. The standard InChI is InChI=1S/C26H28ClN3O4S/c1-17(2)28-26(32)22-7-5-6-8-23(22)29-25(31)16-30(24-14-11-20(27)15-19(24)4)35(33,34)21-12-9-18(3)10-13-21/h5-15,17H,16H2,1-4H3,(H,28,32)(H,29,31). The zero-order chi connectivity index (χ0) is 25.8. The molecular weight excluding hydrogens is 486 g/mol. The summed E-state index contributed by atoms with van der Waals surface area (Å²) in [5.74, 6) is -0.937. The second-order valence-corrected chi connectivity index (χ2v) is 10.8. The average Bonchev–Trinajstić information content (AvgIpc) is 2.78. The lowest BCUT2D eigenvalue weighted by molar-refractivity contribution is -0.114. The van der Waals surface area contributed by atoms with Crippen LogP contribution >= 0.6 is 11.6 Å². The fourth-order valence-corrected chi connectivity index (χ4v) is 5.20. The number of halogens is 1. The number of rotatable bonds is 8. The third kappa shape index (κ3) is 6.41. The fourth-order valence-electron chi connectivity index (χ4n) is 3.49. The molecule has 0 heterocycles. The second kappa shape index (κ2) is 10.9. The van der Waals surface area contributed by atoms with Crippen LogP contribution in [0.5, 0.6) is 0 Å². The van der Waals surface area contributed by atoms with E-state index >= 15 is 0 Å². The van der Waals surface area contributed by atoms with E-state index in [9.17, 15) is 18.0 Å². The predicted molar refractivity (Wildman–Crippen MR) is 140 cm³/mol. The number of hydrogen-bond acceptors (Lipinski definition) is 4. The number of aryl methyl sites for hydroxylation is 2. The summed E-state index contributed by atoms with van der Waals surface area (Å²) in [6.07, 6.45) is 0. The van der Waals surface area contributed by atoms with Gasteiger partial charge in [-0.1, -0.05) is 41.4 Å². The van der Waals surface area contributed by atoms with Crippen molar-refractivity contribution in [1.29, 1.82) is 0 Å². The molecule has 7 nitrogen and oxygen atoms in total. The van der Waals surface area contributed by atoms with Crippen LogP contribution in [0.2, 0.25) is 5.02 Å². The molecule has 0 atom stereocenters. The molecule has 0 aliphatic heterocycles. The van der Waals surface area contributed by atoms with Crippen LogP contribution in [-0.4, -0.2) is 32.8 Å². The minimum Gasteiger partial charge on any atom is -0.350 e. The molecule has 0 aliphatic carbocycles. The van der Waals surface area contributed by atoms with Gasteiger partial charge >= 0.3 is 0 Å². The van der Waals surface area contributed by atoms with E-state index in [1.54, 1.807) is 61.5 Å². The number of carbonyl (C=O) groups is 2. The number of nitrogens with zero attached hydrogens (tertiary/aromatic N) is 1. The van der Waals surface area contributed by atoms with Gasteiger partial charge in [0.25, 0.3) is 15.9 Å². The molecule has 0 unspecified atom stereocenters. The summed E-state index contributed by atoms with van der Waals surface area (Å²) in [7, 11) is -4.09. The Bertz CT molecular complexity index is 1340. The maximum absolute atomic E-state index is 13.6. The summed E-state index contributed by atoms with van der Waals surface area (Å²) in [5, 5.41) is 5.94. The van der Waals surface area contributed by atoms with E-state index in [0.717, 1.165) is 9.87 Å². The van der Waals surface area contributed by atoms with E-state index in [-0.39, 0.29) is 28.1 Å². The van der Waals surface area contributed by atoms with Crippen molar-refractivity contribution in [3.8, 4) is 0 Å². The molecule has 3 rings (SSSR count). The third-order valence-electron chi connectivity index (χ3n) is 5.19. The molecule has 0 saturated heterocycles. The van der Waals surface area contributed by atoms with Gasteiger partial charge in [-0.3, -0.25) is 13.9 Å². The summed E-state index contributed by atoms with van der Waals surface area (Å²) in [5.41, 5.74) is 2.40. The quantitative estimate of drug-likeness (QED) is 0.446. The highest BCUT2D eigenvalue weighted by molar-refractivity contribution is 7.92. The van der Waals surface area contributed by atoms with Crippen LogP contribution in [-0.2, 0) is 14.8 Å². The van der Waals surface area contributed by atoms with E-state index in [4.69, 9.17) is 11.6 Å². The Morgan fingerprint density at radius 1 is 0.971 bits per heavy atom. The Hall–Kier alpha value is -3.36. The van der Waals surface area contributed by atoms with E-state index < -0.39 is 22.5 Å². The first-order chi connectivity index (χ1) is 16.5. The molecule has 2 amide bonds. The molecule has 0 aliphatic rings. The summed E-state index contributed by atoms with van der Waals surface area (Å²) in [6, 6.07) is 17.7. The van der Waals surface area contributed by atoms with Gasteiger partial charge < -0.3 is 10.6 Å². The molecule has 0 bridgehead atoms. The van der Waals surface area contributed by atoms with Gasteiger partial charge in [-0.25, -0.2) is 8.42 Å². The lowest BCUT2D eigenvalue weighted by Crippen LogP contribution is -2.39. The largest absolute Gasteiger partial charge is 0.350 e. The molecule has 0 spiro atoms. The first-order valence-corrected chi connectivity index (χ1v) is 12.9. The molecule has 0 radical (unpaired) electrons. The van der Waals surface area contributed by atoms with Gasteiger partial charge in [0, 0.05) is 11.1 Å². The van der Waals surface area contributed by atoms with Crippen LogP contribution in [0.15, 0.2) is 71.6 Å². The Morgan fingerprint density at radius 3 is 2.26 bits per heavy atom. The highest BCUT2D eigenvalue weighted by atomic mass is 35.5. The number of anilines is 2. The number of carbonyl (C=O) groups excluding carboxylic acids is 2. The van der Waals surface area contributed by atoms with Crippen molar-refractivity contribution in [1.82, 2.24) is 5.32 Å². The van der Waals surface area contributed by atoms with Crippen molar-refractivity contribution < 1.29 is 18.0 Å². The van der Waals surface area contributed by atoms with Crippen molar-refractivity contribution in [2.24, 2.45) is 0 Å². The summed E-state index contributed by atoms with van der Waals surface area (Å²) in [6.45, 7) is 6.75. The van der Waals surface area contributed by atoms with E-state index in [1.165, 1.54) is 12.1 Å². The fraction of sp³-hybridized carbons (Fsp3) is 0.231. The van der Waals surface area contributed by atoms with Crippen LogP contribution in [0.4, 0.5) is 11.4 Å². The molecule has 3 aromatic rings. The molecule has 0 fully saturated rings. The van der Waals surface area contributed by atoms with Crippen molar-refractivity contribution in [2.75, 3.05) is 16.2 Å². The monoisotopic (exact) mass is 513 g/mol. The zero-order valence-corrected chi connectivity index (χ0v) is 21.6. The molecule has 3 aromatic carbocycles. The molecule has 184 valence electrons. The lowest BCUT2D eigenvalue weighted by atomic mass is 10.1. The topological polar surface area (TPSA) is 95.6 Å². The van der Waals surface area contributed by atoms with Crippen LogP contribution in [0, 0.1) is 13.8 Å². The molecular formula is C26H28ClN3O4S. The maximum atomic E-state index is 13.6. The van der Waals surface area contributed by atoms with Gasteiger partial charge in [-0.05, 0) is 75.7 Å². The highest BCUT2D eigenvalue weighted by Gasteiger charge is 2.29. The third-order valence-corrected chi connectivity index (χ3v) is 7.20. The highest BCUT2D eigenvalue weighted by Crippen LogP contribution is 2.29. The Morgan fingerprint density at radius 2 is 1.63 bits per heavy atom. The summed E-state index contributed by atoms with van der Waals surface area (Å²) >= 11 is 6.08. The van der Waals surface area contributed by atoms with Crippen molar-refractivity contribution in [2.45, 2.75) is 38.6 Å². The Kier molecular flexibility index (Phi) is 8.19. The molecule has 9 heteroatoms. The number of amides is 2. The zero-order valence-electron chi connectivity index (χ0n) is 20.0. The Labute approximate surface area is 211 Å². The van der Waals surface area contributed by atoms with Crippen LogP contribution in [0.25, 0.3) is 0 Å². The molecule has 35 heavy (non-hydrogen) atoms. The van der Waals surface area contributed by atoms with Gasteiger partial charge in [0.1, 0.15) is 6.54 Å². The second-order valence-electron chi connectivity index (χ2n) is 8.48. The van der Waals surface area contributed by atoms with E-state index in [0.29, 0.717) is 16.3 Å². The first-order valence-electron chi connectivity index (χ1n) is 11.0. The number of sulfonamides is 1. The van der Waals surface area contributed by atoms with E-state index in [2.05, 4.69) is 10.6 Å². The maximum Gasteiger partial charge on any atom is 0.264 e. The van der Waals surface area contributed by atoms with Crippen molar-refractivity contribution in [3.63, 3.8) is 0 Å². The average molecular weight is 514 g/mol. The number of nitrogens with one attached hydrogen (secondary N) is 2. The first kappa shape index (κ1) is 26.2. The molecule has 0 saturated carbocycles. The molecule has 2 N–H and O–H groups in total. The van der Waals surface area contributed by atoms with Crippen molar-refractivity contribution in [3.05, 3.63) is 88.4 Å². The minimum atomic E-state index is -4.09. The number of para-hydroxylation sites is 1. The van der Waals surface area contributed by atoms with Crippen molar-refractivity contribution >= 4 is 44.8 Å². The molecule has 0 aromatic heterocycles. The van der Waals surface area contributed by atoms with Gasteiger partial charge in [0.05, 0.1) is 21.8 Å². The van der Waals surface area contributed by atoms with Crippen LogP contribution in [0.1, 0.15) is 35.3 Å². The van der Waals surface area contributed by atoms with Gasteiger partial charge in [-0.2, -0.15) is 0 Å². The van der Waals surface area contributed by atoms with Gasteiger partial charge in [0.2, 0.25) is 5.91 Å². The number of benzene rings is 3. The van der Waals surface area contributed by atoms with Crippen LogP contribution in [0.3, 0.4) is 0 Å². The summed E-state index contributed by atoms with van der Waals surface area (Å²) < 4.78 is 28.3. The summed E-state index contributed by atoms with van der Waals surface area (Å²) in [4.78, 5) is 25.8. The minimum absolute atomic E-state index is 0.0574.